The normalized spacial score (nSPS) is 19.0. The van der Waals surface area contributed by atoms with Crippen LogP contribution < -0.4 is 22.1 Å². The van der Waals surface area contributed by atoms with Gasteiger partial charge >= 0.3 is 0 Å². The second kappa shape index (κ2) is 30.1. The number of rotatable bonds is 31. The van der Waals surface area contributed by atoms with Gasteiger partial charge in [-0.05, 0) is 46.9 Å². The fraction of sp³-hybridized carbons (Fsp3) is 0.586. The van der Waals surface area contributed by atoms with Crippen molar-refractivity contribution in [2.24, 2.45) is 34.1 Å². The number of amides is 6. The number of aromatic nitrogens is 2. The maximum atomic E-state index is 15.8. The Balaban J connectivity index is 1.22. The quantitative estimate of drug-likeness (QED) is 0.0393. The molecule has 0 radical (unpaired) electrons. The van der Waals surface area contributed by atoms with Crippen LogP contribution in [-0.4, -0.2) is 181 Å². The number of benzene rings is 2. The Hall–Kier alpha value is -5.80. The fourth-order valence-corrected chi connectivity index (χ4v) is 12.3. The Labute approximate surface area is 487 Å². The SMILES string of the molecule is Cc1ncsc1-c1ccc(CNC(=O)[C@@H]2C[C@@H](O)CN2C(=O)[C@@H](C(C)(C)C)C(OCCOCCOCCOCCOCCOCC(N)=O)(C(N)=O)[C@@H](C(=O)N2C[C@H](O)C[C@H]2C(=O)NCc2ccc(-c3scnc3C)cc2)C(C)(C)C)cc1. The molecule has 0 spiro atoms. The summed E-state index contributed by atoms with van der Waals surface area (Å²) in [5.41, 5.74) is 15.6. The van der Waals surface area contributed by atoms with Crippen molar-refractivity contribution < 1.29 is 67.4 Å². The third-order valence-corrected chi connectivity index (χ3v) is 16.3. The molecule has 2 saturated heterocycles. The highest BCUT2D eigenvalue weighted by atomic mass is 32.1. The highest BCUT2D eigenvalue weighted by Crippen LogP contribution is 2.50. The number of likely N-dealkylation sites (tertiary alicyclic amines) is 2. The molecule has 2 aromatic heterocycles. The number of ether oxygens (including phenoxy) is 6. The molecule has 0 unspecified atom stereocenters. The Kier molecular flexibility index (Phi) is 24.0. The maximum Gasteiger partial charge on any atom is 0.251 e. The molecule has 6 amide bonds. The van der Waals surface area contributed by atoms with Gasteiger partial charge in [-0.25, -0.2) is 9.97 Å². The van der Waals surface area contributed by atoms with Crippen LogP contribution in [0.15, 0.2) is 59.6 Å². The molecule has 0 aliphatic carbocycles. The highest BCUT2D eigenvalue weighted by Gasteiger charge is 2.66. The number of nitrogens with one attached hydrogen (secondary N) is 2. The molecule has 2 aliphatic heterocycles. The topological polar surface area (TPSA) is 307 Å². The van der Waals surface area contributed by atoms with Crippen LogP contribution in [0.4, 0.5) is 0 Å². The molecule has 22 nitrogen and oxygen atoms in total. The lowest BCUT2D eigenvalue weighted by molar-refractivity contribution is -0.203. The average molecular weight is 1180 g/mol. The predicted octanol–water partition coefficient (Wildman–Crippen LogP) is 3.54. The van der Waals surface area contributed by atoms with Gasteiger partial charge < -0.3 is 70.5 Å². The van der Waals surface area contributed by atoms with E-state index in [4.69, 9.17) is 39.9 Å². The summed E-state index contributed by atoms with van der Waals surface area (Å²) in [6.07, 6.45) is -2.48. The third-order valence-electron chi connectivity index (χ3n) is 14.4. The van der Waals surface area contributed by atoms with Gasteiger partial charge in [0.2, 0.25) is 29.5 Å². The van der Waals surface area contributed by atoms with Crippen molar-refractivity contribution >= 4 is 58.1 Å². The number of hydrogen-bond donors (Lipinski definition) is 6. The molecule has 6 atom stereocenters. The summed E-state index contributed by atoms with van der Waals surface area (Å²) in [6.45, 7) is 14.9. The van der Waals surface area contributed by atoms with Gasteiger partial charge in [-0.1, -0.05) is 90.1 Å². The summed E-state index contributed by atoms with van der Waals surface area (Å²) in [4.78, 5) is 99.1. The van der Waals surface area contributed by atoms with Crippen LogP contribution in [0, 0.1) is 36.5 Å². The Bertz CT molecular complexity index is 2590. The van der Waals surface area contributed by atoms with Gasteiger partial charge in [0.25, 0.3) is 5.91 Å². The Morgan fingerprint density at radius 3 is 1.26 bits per heavy atom. The molecular weight excluding hydrogens is 1100 g/mol. The molecule has 0 bridgehead atoms. The van der Waals surface area contributed by atoms with Crippen molar-refractivity contribution in [3.8, 4) is 20.9 Å². The third kappa shape index (κ3) is 17.4. The molecule has 2 aromatic carbocycles. The predicted molar refractivity (Wildman–Crippen MR) is 308 cm³/mol. The fourth-order valence-electron chi connectivity index (χ4n) is 10.7. The van der Waals surface area contributed by atoms with Crippen molar-refractivity contribution in [1.29, 1.82) is 0 Å². The van der Waals surface area contributed by atoms with Gasteiger partial charge in [0.15, 0.2) is 5.60 Å². The summed E-state index contributed by atoms with van der Waals surface area (Å²) in [5, 5.41) is 28.4. The molecule has 450 valence electrons. The average Bonchev–Trinajstić information content (AvgIpc) is 3.18. The van der Waals surface area contributed by atoms with E-state index in [0.717, 1.165) is 43.4 Å². The first-order valence-electron chi connectivity index (χ1n) is 27.6. The standard InChI is InChI=1S/C58H82N8O14S2/c1-36-47(81-34-63-36)40-13-9-38(10-14-40)29-61-51(70)44-27-42(67)31-65(44)53(72)49(56(3,4)5)58(55(60)74,80-26-25-78-22-21-76-18-17-75-19-20-77-23-24-79-33-46(59)69)50(57(6,7)8)54(73)66-32-43(68)28-45(66)52(71)62-30-39-11-15-41(16-12-39)48-37(2)64-35-82-48/h9-16,34-35,42-45,49-50,67-68H,17-33H2,1-8H3,(H2,59,69)(H2,60,74)(H,61,70)(H,62,71)/t42-,43-,44+,45+,49+,50+/m1/s1. The number of thiazole rings is 2. The Morgan fingerprint density at radius 2 is 0.939 bits per heavy atom. The molecule has 2 aliphatic rings. The molecule has 4 aromatic rings. The van der Waals surface area contributed by atoms with Crippen LogP contribution in [0.3, 0.4) is 0 Å². The highest BCUT2D eigenvalue weighted by molar-refractivity contribution is 7.13. The number of hydrogen-bond acceptors (Lipinski definition) is 18. The monoisotopic (exact) mass is 1180 g/mol. The van der Waals surface area contributed by atoms with E-state index in [0.29, 0.717) is 13.2 Å². The van der Waals surface area contributed by atoms with Crippen LogP contribution >= 0.6 is 22.7 Å². The van der Waals surface area contributed by atoms with Crippen molar-refractivity contribution in [2.75, 3.05) is 85.8 Å². The van der Waals surface area contributed by atoms with Gasteiger partial charge in [-0.3, -0.25) is 28.8 Å². The van der Waals surface area contributed by atoms with Crippen LogP contribution in [-0.2, 0) is 70.3 Å². The number of aliphatic hydroxyl groups is 2. The lowest BCUT2D eigenvalue weighted by atomic mass is 9.58. The first kappa shape index (κ1) is 65.4. The number of carbonyl (C=O) groups is 6. The lowest BCUT2D eigenvalue weighted by Gasteiger charge is -2.52. The number of β-amino-alcohol motifs (C(OH)–C–C–N with tert-alkyl or cyclic N) is 2. The molecule has 6 rings (SSSR count). The summed E-state index contributed by atoms with van der Waals surface area (Å²) in [6, 6.07) is 12.9. The van der Waals surface area contributed by atoms with Gasteiger partial charge in [0, 0.05) is 39.0 Å². The number of aryl methyl sites for hydroxylation is 2. The second-order valence-corrected chi connectivity index (χ2v) is 24.4. The molecular formula is C58H82N8O14S2. The van der Waals surface area contributed by atoms with E-state index < -0.39 is 88.0 Å². The lowest BCUT2D eigenvalue weighted by Crippen LogP contribution is -2.70. The van der Waals surface area contributed by atoms with Crippen molar-refractivity contribution in [3.63, 3.8) is 0 Å². The summed E-state index contributed by atoms with van der Waals surface area (Å²) in [5.74, 6) is -7.54. The molecule has 0 saturated carbocycles. The number of carbonyl (C=O) groups excluding carboxylic acids is 6. The van der Waals surface area contributed by atoms with Gasteiger partial charge in [-0.2, -0.15) is 0 Å². The van der Waals surface area contributed by atoms with Crippen molar-refractivity contribution in [2.45, 2.75) is 111 Å². The van der Waals surface area contributed by atoms with E-state index in [1.54, 1.807) is 52.6 Å². The maximum absolute atomic E-state index is 15.8. The van der Waals surface area contributed by atoms with Crippen molar-refractivity contribution in [1.82, 2.24) is 30.4 Å². The van der Waals surface area contributed by atoms with Gasteiger partial charge in [0.05, 0.1) is 122 Å². The van der Waals surface area contributed by atoms with E-state index in [-0.39, 0.29) is 98.5 Å². The minimum Gasteiger partial charge on any atom is -0.391 e. The molecule has 24 heteroatoms. The summed E-state index contributed by atoms with van der Waals surface area (Å²) in [7, 11) is 0. The Morgan fingerprint density at radius 1 is 0.585 bits per heavy atom. The van der Waals surface area contributed by atoms with E-state index in [2.05, 4.69) is 20.6 Å². The van der Waals surface area contributed by atoms with E-state index in [1.165, 1.54) is 32.5 Å². The van der Waals surface area contributed by atoms with Gasteiger partial charge in [-0.15, -0.1) is 22.7 Å². The second-order valence-electron chi connectivity index (χ2n) is 22.7. The van der Waals surface area contributed by atoms with Gasteiger partial charge in [0.1, 0.15) is 18.7 Å². The molecule has 2 fully saturated rings. The summed E-state index contributed by atoms with van der Waals surface area (Å²) >= 11 is 3.05. The zero-order valence-electron chi connectivity index (χ0n) is 48.3. The molecule has 8 N–H and O–H groups in total. The number of primary amides is 2. The van der Waals surface area contributed by atoms with E-state index in [9.17, 15) is 29.4 Å². The zero-order valence-corrected chi connectivity index (χ0v) is 49.9. The zero-order chi connectivity index (χ0) is 59.8. The first-order chi connectivity index (χ1) is 38.9. The van der Waals surface area contributed by atoms with E-state index >= 15 is 9.59 Å². The van der Waals surface area contributed by atoms with E-state index in [1.807, 2.05) is 62.4 Å². The smallest absolute Gasteiger partial charge is 0.251 e. The van der Waals surface area contributed by atoms with Crippen LogP contribution in [0.2, 0.25) is 0 Å². The van der Waals surface area contributed by atoms with Crippen LogP contribution in [0.25, 0.3) is 20.9 Å². The number of nitrogens with zero attached hydrogens (tertiary/aromatic N) is 4. The first-order valence-corrected chi connectivity index (χ1v) is 29.3. The van der Waals surface area contributed by atoms with Crippen LogP contribution in [0.5, 0.6) is 0 Å². The summed E-state index contributed by atoms with van der Waals surface area (Å²) < 4.78 is 34.3. The minimum absolute atomic E-state index is 0.0847. The number of nitrogens with two attached hydrogens (primary N) is 2. The molecule has 4 heterocycles. The largest absolute Gasteiger partial charge is 0.391 e. The van der Waals surface area contributed by atoms with Crippen molar-refractivity contribution in [3.05, 3.63) is 82.1 Å². The number of aliphatic hydroxyl groups excluding tert-OH is 2. The van der Waals surface area contributed by atoms with Crippen LogP contribution in [0.1, 0.15) is 76.9 Å². The minimum atomic E-state index is -2.51. The molecule has 82 heavy (non-hydrogen) atoms.